The van der Waals surface area contributed by atoms with Crippen LogP contribution in [0.1, 0.15) is 22.8 Å². The second-order valence-corrected chi connectivity index (χ2v) is 7.78. The Hall–Kier alpha value is -2.15. The van der Waals surface area contributed by atoms with Gasteiger partial charge in [-0.1, -0.05) is 41.4 Å². The summed E-state index contributed by atoms with van der Waals surface area (Å²) in [4.78, 5) is 28.7. The minimum atomic E-state index is -0.589. The second-order valence-electron chi connectivity index (χ2n) is 6.94. The van der Waals surface area contributed by atoms with Gasteiger partial charge >= 0.3 is 0 Å². The molecule has 1 heterocycles. The van der Waals surface area contributed by atoms with Crippen molar-refractivity contribution in [2.24, 2.45) is 0 Å². The molecule has 29 heavy (non-hydrogen) atoms. The van der Waals surface area contributed by atoms with E-state index in [4.69, 9.17) is 23.2 Å². The first-order valence-electron chi connectivity index (χ1n) is 9.36. The lowest BCUT2D eigenvalue weighted by atomic mass is 10.1. The number of carbonyl (C=O) groups excluding carboxylic acids is 2. The number of halogens is 3. The van der Waals surface area contributed by atoms with Crippen molar-refractivity contribution in [2.75, 3.05) is 26.2 Å². The van der Waals surface area contributed by atoms with E-state index in [1.165, 1.54) is 18.2 Å². The van der Waals surface area contributed by atoms with Crippen LogP contribution < -0.4 is 5.32 Å². The molecule has 8 heteroatoms. The summed E-state index contributed by atoms with van der Waals surface area (Å²) in [5.74, 6) is -1.08. The lowest BCUT2D eigenvalue weighted by Gasteiger charge is -2.37. The highest BCUT2D eigenvalue weighted by molar-refractivity contribution is 6.31. The van der Waals surface area contributed by atoms with E-state index in [0.717, 1.165) is 5.56 Å². The molecule has 3 rings (SSSR count). The van der Waals surface area contributed by atoms with Gasteiger partial charge in [-0.2, -0.15) is 0 Å². The van der Waals surface area contributed by atoms with Gasteiger partial charge in [0.05, 0.1) is 11.6 Å². The second kappa shape index (κ2) is 9.57. The van der Waals surface area contributed by atoms with E-state index in [1.54, 1.807) is 11.0 Å². The number of carbonyl (C=O) groups is 2. The standard InChI is InChI=1S/C21H22Cl2FN3O2/c1-14(20(28)25-13-15-4-2-3-5-18(15)23)26-8-10-27(11-9-26)21(29)17-12-16(22)6-7-19(17)24/h2-7,12,14H,8-11,13H2,1H3,(H,25,28). The van der Waals surface area contributed by atoms with Crippen molar-refractivity contribution >= 4 is 35.0 Å². The summed E-state index contributed by atoms with van der Waals surface area (Å²) in [5, 5.41) is 3.83. The third-order valence-corrected chi connectivity index (χ3v) is 5.70. The molecule has 0 aromatic heterocycles. The fourth-order valence-corrected chi connectivity index (χ4v) is 3.66. The Morgan fingerprint density at radius 2 is 1.79 bits per heavy atom. The fraction of sp³-hybridized carbons (Fsp3) is 0.333. The topological polar surface area (TPSA) is 52.7 Å². The van der Waals surface area contributed by atoms with Crippen LogP contribution in [0.2, 0.25) is 10.0 Å². The Morgan fingerprint density at radius 1 is 1.10 bits per heavy atom. The maximum Gasteiger partial charge on any atom is 0.256 e. The minimum Gasteiger partial charge on any atom is -0.351 e. The maximum absolute atomic E-state index is 14.0. The van der Waals surface area contributed by atoms with Crippen LogP contribution in [0.4, 0.5) is 4.39 Å². The summed E-state index contributed by atoms with van der Waals surface area (Å²) < 4.78 is 14.0. The number of nitrogens with one attached hydrogen (secondary N) is 1. The minimum absolute atomic E-state index is 0.0310. The first kappa shape index (κ1) is 21.6. The van der Waals surface area contributed by atoms with E-state index >= 15 is 0 Å². The lowest BCUT2D eigenvalue weighted by molar-refractivity contribution is -0.126. The average Bonchev–Trinajstić information content (AvgIpc) is 2.73. The Balaban J connectivity index is 1.53. The zero-order chi connectivity index (χ0) is 21.0. The molecule has 2 aromatic rings. The fourth-order valence-electron chi connectivity index (χ4n) is 3.28. The Labute approximate surface area is 179 Å². The highest BCUT2D eigenvalue weighted by Crippen LogP contribution is 2.18. The molecule has 0 spiro atoms. The molecular formula is C21H22Cl2FN3O2. The summed E-state index contributed by atoms with van der Waals surface area (Å²) in [5.41, 5.74) is 0.824. The first-order chi connectivity index (χ1) is 13.9. The predicted octanol–water partition coefficient (Wildman–Crippen LogP) is 3.60. The Morgan fingerprint density at radius 3 is 2.48 bits per heavy atom. The number of benzene rings is 2. The lowest BCUT2D eigenvalue weighted by Crippen LogP contribution is -2.55. The molecule has 1 fully saturated rings. The maximum atomic E-state index is 14.0. The summed E-state index contributed by atoms with van der Waals surface area (Å²) >= 11 is 12.0. The van der Waals surface area contributed by atoms with Crippen LogP contribution in [0.5, 0.6) is 0 Å². The van der Waals surface area contributed by atoms with Gasteiger partial charge in [-0.3, -0.25) is 14.5 Å². The van der Waals surface area contributed by atoms with Crippen LogP contribution in [0.15, 0.2) is 42.5 Å². The quantitative estimate of drug-likeness (QED) is 0.777. The first-order valence-corrected chi connectivity index (χ1v) is 10.1. The van der Waals surface area contributed by atoms with Crippen molar-refractivity contribution in [3.05, 3.63) is 69.5 Å². The molecule has 1 unspecified atom stereocenters. The van der Waals surface area contributed by atoms with E-state index in [9.17, 15) is 14.0 Å². The molecule has 1 aliphatic heterocycles. The van der Waals surface area contributed by atoms with Crippen LogP contribution in [0.25, 0.3) is 0 Å². The Bertz CT molecular complexity index is 901. The highest BCUT2D eigenvalue weighted by atomic mass is 35.5. The summed E-state index contributed by atoms with van der Waals surface area (Å²) in [6.45, 7) is 4.05. The molecule has 0 radical (unpaired) electrons. The number of nitrogens with zero attached hydrogens (tertiary/aromatic N) is 2. The average molecular weight is 438 g/mol. The SMILES string of the molecule is CC(C(=O)NCc1ccccc1Cl)N1CCN(C(=O)c2cc(Cl)ccc2F)CC1. The van der Waals surface area contributed by atoms with Gasteiger partial charge in [0, 0.05) is 42.8 Å². The molecular weight excluding hydrogens is 416 g/mol. The number of amides is 2. The largest absolute Gasteiger partial charge is 0.351 e. The molecule has 1 saturated heterocycles. The zero-order valence-corrected chi connectivity index (χ0v) is 17.5. The number of piperazine rings is 1. The van der Waals surface area contributed by atoms with Crippen molar-refractivity contribution < 1.29 is 14.0 Å². The molecule has 154 valence electrons. The van der Waals surface area contributed by atoms with Gasteiger partial charge < -0.3 is 10.2 Å². The molecule has 2 amide bonds. The van der Waals surface area contributed by atoms with Gasteiger partial charge in [-0.25, -0.2) is 4.39 Å². The normalized spacial score (nSPS) is 15.8. The third-order valence-electron chi connectivity index (χ3n) is 5.10. The smallest absolute Gasteiger partial charge is 0.256 e. The number of hydrogen-bond acceptors (Lipinski definition) is 3. The predicted molar refractivity (Wildman–Crippen MR) is 112 cm³/mol. The molecule has 1 atom stereocenters. The van der Waals surface area contributed by atoms with Crippen LogP contribution >= 0.6 is 23.2 Å². The van der Waals surface area contributed by atoms with Crippen molar-refractivity contribution in [2.45, 2.75) is 19.5 Å². The van der Waals surface area contributed by atoms with Crippen LogP contribution in [-0.4, -0.2) is 53.8 Å². The van der Waals surface area contributed by atoms with Crippen molar-refractivity contribution in [3.8, 4) is 0 Å². The molecule has 1 aliphatic rings. The summed E-state index contributed by atoms with van der Waals surface area (Å²) in [6.07, 6.45) is 0. The van der Waals surface area contributed by atoms with E-state index < -0.39 is 5.82 Å². The van der Waals surface area contributed by atoms with Crippen LogP contribution in [-0.2, 0) is 11.3 Å². The van der Waals surface area contributed by atoms with Gasteiger partial charge in [0.1, 0.15) is 5.82 Å². The Kier molecular flexibility index (Phi) is 7.11. The van der Waals surface area contributed by atoms with E-state index in [1.807, 2.05) is 30.0 Å². The van der Waals surface area contributed by atoms with E-state index in [2.05, 4.69) is 5.32 Å². The van der Waals surface area contributed by atoms with Crippen LogP contribution in [0.3, 0.4) is 0 Å². The van der Waals surface area contributed by atoms with E-state index in [-0.39, 0.29) is 23.4 Å². The molecule has 0 aliphatic carbocycles. The highest BCUT2D eigenvalue weighted by Gasteiger charge is 2.28. The molecule has 0 bridgehead atoms. The van der Waals surface area contributed by atoms with Gasteiger partial charge in [0.25, 0.3) is 5.91 Å². The van der Waals surface area contributed by atoms with Crippen molar-refractivity contribution in [1.82, 2.24) is 15.1 Å². The third kappa shape index (κ3) is 5.26. The van der Waals surface area contributed by atoms with Gasteiger partial charge in [0.2, 0.25) is 5.91 Å². The van der Waals surface area contributed by atoms with E-state index in [0.29, 0.717) is 42.8 Å². The van der Waals surface area contributed by atoms with Gasteiger partial charge in [-0.05, 0) is 36.8 Å². The number of rotatable bonds is 5. The number of hydrogen-bond donors (Lipinski definition) is 1. The van der Waals surface area contributed by atoms with Crippen molar-refractivity contribution in [3.63, 3.8) is 0 Å². The van der Waals surface area contributed by atoms with Crippen molar-refractivity contribution in [1.29, 1.82) is 0 Å². The molecule has 2 aromatic carbocycles. The van der Waals surface area contributed by atoms with Gasteiger partial charge in [0.15, 0.2) is 0 Å². The van der Waals surface area contributed by atoms with Gasteiger partial charge in [-0.15, -0.1) is 0 Å². The molecule has 1 N–H and O–H groups in total. The zero-order valence-electron chi connectivity index (χ0n) is 16.0. The summed E-state index contributed by atoms with van der Waals surface area (Å²) in [6, 6.07) is 11.0. The van der Waals surface area contributed by atoms with Crippen LogP contribution in [0, 0.1) is 5.82 Å². The molecule has 5 nitrogen and oxygen atoms in total. The molecule has 0 saturated carbocycles. The summed E-state index contributed by atoms with van der Waals surface area (Å²) in [7, 11) is 0. The monoisotopic (exact) mass is 437 g/mol.